The first-order chi connectivity index (χ1) is 11.1. The number of halogens is 2. The smallest absolute Gasteiger partial charge is 0.258 e. The molecule has 132 valence electrons. The van der Waals surface area contributed by atoms with Crippen molar-refractivity contribution in [3.05, 3.63) is 40.3 Å². The number of nitrogens with two attached hydrogens (primary N) is 1. The molecule has 0 fully saturated rings. The van der Waals surface area contributed by atoms with Crippen LogP contribution in [-0.2, 0) is 6.54 Å². The van der Waals surface area contributed by atoms with Crippen LogP contribution >= 0.6 is 28.3 Å². The molecule has 0 unspecified atom stereocenters. The maximum atomic E-state index is 12.3. The topological polar surface area (TPSA) is 86.7 Å². The zero-order valence-corrected chi connectivity index (χ0v) is 15.8. The molecule has 1 aromatic carbocycles. The molecule has 1 aromatic heterocycles. The molecule has 1 heterocycles. The van der Waals surface area contributed by atoms with E-state index in [1.807, 2.05) is 13.8 Å². The number of rotatable bonds is 7. The molecule has 0 radical (unpaired) electrons. The van der Waals surface area contributed by atoms with Crippen molar-refractivity contribution in [2.24, 2.45) is 5.73 Å². The fourth-order valence-electron chi connectivity index (χ4n) is 1.97. The molecule has 0 spiro atoms. The molecule has 2 rings (SSSR count). The molecule has 0 bridgehead atoms. The summed E-state index contributed by atoms with van der Waals surface area (Å²) in [6.45, 7) is 5.05. The highest BCUT2D eigenvalue weighted by Gasteiger charge is 2.15. The summed E-state index contributed by atoms with van der Waals surface area (Å²) in [5.74, 6) is 1.45. The number of ether oxygens (including phenoxy) is 2. The van der Waals surface area contributed by atoms with E-state index in [-0.39, 0.29) is 24.9 Å². The van der Waals surface area contributed by atoms with E-state index in [2.05, 4.69) is 21.2 Å². The second kappa shape index (κ2) is 9.56. The van der Waals surface area contributed by atoms with Crippen molar-refractivity contribution < 1.29 is 18.7 Å². The van der Waals surface area contributed by atoms with Gasteiger partial charge in [0.15, 0.2) is 11.5 Å². The Morgan fingerprint density at radius 1 is 1.21 bits per heavy atom. The van der Waals surface area contributed by atoms with Crippen LogP contribution in [0.4, 0.5) is 5.69 Å². The zero-order chi connectivity index (χ0) is 16.8. The van der Waals surface area contributed by atoms with Gasteiger partial charge >= 0.3 is 0 Å². The largest absolute Gasteiger partial charge is 0.490 e. The lowest BCUT2D eigenvalue weighted by atomic mass is 10.2. The number of nitrogens with one attached hydrogen (secondary N) is 1. The minimum absolute atomic E-state index is 0. The van der Waals surface area contributed by atoms with Crippen LogP contribution in [0.5, 0.6) is 11.5 Å². The number of hydrogen-bond acceptors (Lipinski definition) is 5. The average molecular weight is 420 g/mol. The lowest BCUT2D eigenvalue weighted by Gasteiger charge is -2.14. The minimum Gasteiger partial charge on any atom is -0.490 e. The Bertz CT molecular complexity index is 691. The molecule has 1 amide bonds. The summed E-state index contributed by atoms with van der Waals surface area (Å²) < 4.78 is 17.0. The first kappa shape index (κ1) is 20.3. The second-order valence-corrected chi connectivity index (χ2v) is 5.46. The lowest BCUT2D eigenvalue weighted by Crippen LogP contribution is -2.12. The molecule has 24 heavy (non-hydrogen) atoms. The first-order valence-corrected chi connectivity index (χ1v) is 8.06. The minimum atomic E-state index is -0.291. The Hall–Kier alpha value is -1.70. The Kier molecular flexibility index (Phi) is 8.10. The summed E-state index contributed by atoms with van der Waals surface area (Å²) in [6.07, 6.45) is 1.38. The summed E-state index contributed by atoms with van der Waals surface area (Å²) >= 11 is 3.43. The summed E-state index contributed by atoms with van der Waals surface area (Å²) in [4.78, 5) is 12.3. The Balaban J connectivity index is 0.00000288. The molecule has 0 aliphatic rings. The molecule has 0 aliphatic carbocycles. The van der Waals surface area contributed by atoms with Crippen LogP contribution in [0, 0.1) is 0 Å². The Morgan fingerprint density at radius 2 is 1.83 bits per heavy atom. The number of benzene rings is 1. The van der Waals surface area contributed by atoms with E-state index >= 15 is 0 Å². The molecule has 8 heteroatoms. The van der Waals surface area contributed by atoms with Crippen molar-refractivity contribution in [3.63, 3.8) is 0 Å². The maximum absolute atomic E-state index is 12.3. The van der Waals surface area contributed by atoms with Gasteiger partial charge < -0.3 is 24.9 Å². The van der Waals surface area contributed by atoms with E-state index in [0.29, 0.717) is 46.2 Å². The standard InChI is InChI=1S/C16H19BrN2O4.ClH/c1-3-21-14-6-12(17)13(7-15(14)22-4-2)19-16(20)10-5-11(8-18)23-9-10;/h5-7,9H,3-4,8,18H2,1-2H3,(H,19,20);1H. The zero-order valence-electron chi connectivity index (χ0n) is 13.4. The van der Waals surface area contributed by atoms with Crippen LogP contribution in [0.15, 0.2) is 33.4 Å². The number of furan rings is 1. The molecule has 2 aromatic rings. The molecule has 6 nitrogen and oxygen atoms in total. The van der Waals surface area contributed by atoms with Crippen LogP contribution in [0.1, 0.15) is 30.0 Å². The van der Waals surface area contributed by atoms with Crippen LogP contribution < -0.4 is 20.5 Å². The molecule has 0 saturated carbocycles. The van der Waals surface area contributed by atoms with Gasteiger partial charge in [0.25, 0.3) is 5.91 Å². The van der Waals surface area contributed by atoms with E-state index in [9.17, 15) is 4.79 Å². The third-order valence-corrected chi connectivity index (χ3v) is 3.65. The summed E-state index contributed by atoms with van der Waals surface area (Å²) in [7, 11) is 0. The predicted molar refractivity (Wildman–Crippen MR) is 98.3 cm³/mol. The van der Waals surface area contributed by atoms with Gasteiger partial charge in [-0.3, -0.25) is 4.79 Å². The molecular weight excluding hydrogens is 400 g/mol. The van der Waals surface area contributed by atoms with Crippen molar-refractivity contribution in [2.45, 2.75) is 20.4 Å². The first-order valence-electron chi connectivity index (χ1n) is 7.27. The number of carbonyl (C=O) groups is 1. The molecular formula is C16H20BrClN2O4. The Labute approximate surface area is 155 Å². The van der Waals surface area contributed by atoms with Gasteiger partial charge in [-0.25, -0.2) is 0 Å². The molecule has 0 atom stereocenters. The van der Waals surface area contributed by atoms with E-state index in [1.165, 1.54) is 6.26 Å². The normalized spacial score (nSPS) is 10.0. The van der Waals surface area contributed by atoms with E-state index in [4.69, 9.17) is 19.6 Å². The van der Waals surface area contributed by atoms with Gasteiger partial charge in [0, 0.05) is 16.6 Å². The predicted octanol–water partition coefficient (Wildman–Crippen LogP) is 3.97. The van der Waals surface area contributed by atoms with Gasteiger partial charge in [-0.15, -0.1) is 12.4 Å². The summed E-state index contributed by atoms with van der Waals surface area (Å²) in [5.41, 5.74) is 6.46. The van der Waals surface area contributed by atoms with Crippen LogP contribution in [0.3, 0.4) is 0 Å². The van der Waals surface area contributed by atoms with Crippen molar-refractivity contribution >= 4 is 39.9 Å². The van der Waals surface area contributed by atoms with Crippen LogP contribution in [0.2, 0.25) is 0 Å². The summed E-state index contributed by atoms with van der Waals surface area (Å²) in [5, 5.41) is 2.81. The number of anilines is 1. The average Bonchev–Trinajstić information content (AvgIpc) is 3.01. The van der Waals surface area contributed by atoms with E-state index < -0.39 is 0 Å². The lowest BCUT2D eigenvalue weighted by molar-refractivity contribution is 0.102. The van der Waals surface area contributed by atoms with Crippen LogP contribution in [0.25, 0.3) is 0 Å². The summed E-state index contributed by atoms with van der Waals surface area (Å²) in [6, 6.07) is 5.10. The number of carbonyl (C=O) groups excluding carboxylic acids is 1. The van der Waals surface area contributed by atoms with Gasteiger partial charge in [0.2, 0.25) is 0 Å². The highest BCUT2D eigenvalue weighted by molar-refractivity contribution is 9.10. The maximum Gasteiger partial charge on any atom is 0.258 e. The SMILES string of the molecule is CCOc1cc(Br)c(NC(=O)c2coc(CN)c2)cc1OCC.Cl. The van der Waals surface area contributed by atoms with E-state index in [1.54, 1.807) is 18.2 Å². The van der Waals surface area contributed by atoms with Gasteiger partial charge in [-0.2, -0.15) is 0 Å². The number of hydrogen-bond donors (Lipinski definition) is 2. The Morgan fingerprint density at radius 3 is 2.38 bits per heavy atom. The second-order valence-electron chi connectivity index (χ2n) is 4.60. The highest BCUT2D eigenvalue weighted by Crippen LogP contribution is 2.37. The van der Waals surface area contributed by atoms with Crippen molar-refractivity contribution in [1.82, 2.24) is 0 Å². The third-order valence-electron chi connectivity index (χ3n) is 3.00. The van der Waals surface area contributed by atoms with Gasteiger partial charge in [-0.05, 0) is 35.8 Å². The van der Waals surface area contributed by atoms with E-state index in [0.717, 1.165) is 0 Å². The van der Waals surface area contributed by atoms with Crippen LogP contribution in [-0.4, -0.2) is 19.1 Å². The van der Waals surface area contributed by atoms with Gasteiger partial charge in [0.1, 0.15) is 12.0 Å². The molecule has 0 aliphatic heterocycles. The third kappa shape index (κ3) is 4.90. The van der Waals surface area contributed by atoms with Gasteiger partial charge in [-0.1, -0.05) is 0 Å². The quantitative estimate of drug-likeness (QED) is 0.709. The van der Waals surface area contributed by atoms with Gasteiger partial charge in [0.05, 0.1) is 31.0 Å². The van der Waals surface area contributed by atoms with Crippen molar-refractivity contribution in [1.29, 1.82) is 0 Å². The fraction of sp³-hybridized carbons (Fsp3) is 0.312. The monoisotopic (exact) mass is 418 g/mol. The fourth-order valence-corrected chi connectivity index (χ4v) is 2.39. The highest BCUT2D eigenvalue weighted by atomic mass is 79.9. The molecule has 0 saturated heterocycles. The molecule has 3 N–H and O–H groups in total. The van der Waals surface area contributed by atoms with Crippen molar-refractivity contribution in [3.8, 4) is 11.5 Å². The number of amides is 1. The van der Waals surface area contributed by atoms with Crippen molar-refractivity contribution in [2.75, 3.05) is 18.5 Å².